The SMILES string of the molecule is CC(CCN)C(=O)N(CCC(=O)O)C1CC1. The Morgan fingerprint density at radius 2 is 2.12 bits per heavy atom. The lowest BCUT2D eigenvalue weighted by Crippen LogP contribution is -2.39. The number of carboxylic acids is 1. The van der Waals surface area contributed by atoms with Crippen LogP contribution in [-0.4, -0.2) is 41.0 Å². The van der Waals surface area contributed by atoms with Crippen molar-refractivity contribution in [3.63, 3.8) is 0 Å². The van der Waals surface area contributed by atoms with E-state index in [9.17, 15) is 9.59 Å². The van der Waals surface area contributed by atoms with Crippen molar-refractivity contribution in [1.29, 1.82) is 0 Å². The second-order valence-corrected chi connectivity index (χ2v) is 4.38. The lowest BCUT2D eigenvalue weighted by atomic mass is 10.1. The van der Waals surface area contributed by atoms with E-state index < -0.39 is 5.97 Å². The van der Waals surface area contributed by atoms with Gasteiger partial charge in [-0.15, -0.1) is 0 Å². The van der Waals surface area contributed by atoms with Gasteiger partial charge in [-0.3, -0.25) is 9.59 Å². The molecule has 0 aliphatic heterocycles. The van der Waals surface area contributed by atoms with Crippen LogP contribution in [0.25, 0.3) is 0 Å². The van der Waals surface area contributed by atoms with Crippen LogP contribution in [0, 0.1) is 5.92 Å². The van der Waals surface area contributed by atoms with Crippen molar-refractivity contribution < 1.29 is 14.7 Å². The Morgan fingerprint density at radius 1 is 1.50 bits per heavy atom. The molecule has 0 heterocycles. The molecule has 0 bridgehead atoms. The molecular weight excluding hydrogens is 208 g/mol. The number of hydrogen-bond donors (Lipinski definition) is 2. The molecule has 1 amide bonds. The molecule has 5 heteroatoms. The minimum atomic E-state index is -0.857. The van der Waals surface area contributed by atoms with Crippen LogP contribution >= 0.6 is 0 Å². The highest BCUT2D eigenvalue weighted by atomic mass is 16.4. The molecule has 1 unspecified atom stereocenters. The largest absolute Gasteiger partial charge is 0.481 e. The summed E-state index contributed by atoms with van der Waals surface area (Å²) in [6.07, 6.45) is 2.69. The zero-order chi connectivity index (χ0) is 12.1. The number of carbonyl (C=O) groups is 2. The van der Waals surface area contributed by atoms with Gasteiger partial charge >= 0.3 is 5.97 Å². The molecule has 0 aromatic heterocycles. The monoisotopic (exact) mass is 228 g/mol. The van der Waals surface area contributed by atoms with E-state index in [4.69, 9.17) is 10.8 Å². The molecule has 16 heavy (non-hydrogen) atoms. The molecule has 0 radical (unpaired) electrons. The number of nitrogens with two attached hydrogens (primary N) is 1. The molecule has 0 spiro atoms. The van der Waals surface area contributed by atoms with E-state index in [-0.39, 0.29) is 24.3 Å². The molecule has 1 fully saturated rings. The van der Waals surface area contributed by atoms with Gasteiger partial charge in [-0.2, -0.15) is 0 Å². The molecule has 0 aromatic rings. The predicted molar refractivity (Wildman–Crippen MR) is 59.8 cm³/mol. The standard InChI is InChI=1S/C11H20N2O3/c1-8(4-6-12)11(16)13(9-2-3-9)7-5-10(14)15/h8-9H,2-7,12H2,1H3,(H,14,15). The van der Waals surface area contributed by atoms with E-state index in [2.05, 4.69) is 0 Å². The fourth-order valence-electron chi connectivity index (χ4n) is 1.73. The van der Waals surface area contributed by atoms with Gasteiger partial charge in [0.15, 0.2) is 0 Å². The van der Waals surface area contributed by atoms with Crippen LogP contribution < -0.4 is 5.73 Å². The van der Waals surface area contributed by atoms with E-state index in [0.29, 0.717) is 19.5 Å². The maximum Gasteiger partial charge on any atom is 0.305 e. The summed E-state index contributed by atoms with van der Waals surface area (Å²) in [5.41, 5.74) is 5.42. The summed E-state index contributed by atoms with van der Waals surface area (Å²) in [7, 11) is 0. The average molecular weight is 228 g/mol. The highest BCUT2D eigenvalue weighted by molar-refractivity contribution is 5.79. The summed E-state index contributed by atoms with van der Waals surface area (Å²) in [5.74, 6) is -0.904. The zero-order valence-electron chi connectivity index (χ0n) is 9.69. The molecule has 3 N–H and O–H groups in total. The molecule has 5 nitrogen and oxygen atoms in total. The van der Waals surface area contributed by atoms with Crippen molar-refractivity contribution in [2.45, 2.75) is 38.6 Å². The van der Waals surface area contributed by atoms with Crippen molar-refractivity contribution in [1.82, 2.24) is 4.90 Å². The quantitative estimate of drug-likeness (QED) is 0.662. The molecule has 0 aromatic carbocycles. The van der Waals surface area contributed by atoms with Gasteiger partial charge in [0.25, 0.3) is 0 Å². The van der Waals surface area contributed by atoms with Crippen LogP contribution in [0.4, 0.5) is 0 Å². The Labute approximate surface area is 95.6 Å². The first kappa shape index (κ1) is 13.0. The van der Waals surface area contributed by atoms with Crippen LogP contribution in [0.1, 0.15) is 32.6 Å². The molecule has 92 valence electrons. The lowest BCUT2D eigenvalue weighted by Gasteiger charge is -2.25. The van der Waals surface area contributed by atoms with Crippen LogP contribution in [-0.2, 0) is 9.59 Å². The number of nitrogens with zero attached hydrogens (tertiary/aromatic N) is 1. The van der Waals surface area contributed by atoms with Crippen molar-refractivity contribution in [2.24, 2.45) is 11.7 Å². The van der Waals surface area contributed by atoms with Gasteiger partial charge in [0.05, 0.1) is 6.42 Å². The fraction of sp³-hybridized carbons (Fsp3) is 0.818. The first-order valence-corrected chi connectivity index (χ1v) is 5.78. The van der Waals surface area contributed by atoms with Crippen molar-refractivity contribution in [2.75, 3.05) is 13.1 Å². The number of rotatable bonds is 7. The summed E-state index contributed by atoms with van der Waals surface area (Å²) in [6.45, 7) is 2.67. The summed E-state index contributed by atoms with van der Waals surface area (Å²) in [6, 6.07) is 0.270. The third-order valence-corrected chi connectivity index (χ3v) is 2.86. The average Bonchev–Trinajstić information content (AvgIpc) is 3.01. The van der Waals surface area contributed by atoms with Crippen molar-refractivity contribution in [3.8, 4) is 0 Å². The first-order chi connectivity index (χ1) is 7.56. The Bertz CT molecular complexity index is 264. The summed E-state index contributed by atoms with van der Waals surface area (Å²) < 4.78 is 0. The number of amides is 1. The third-order valence-electron chi connectivity index (χ3n) is 2.86. The summed E-state index contributed by atoms with van der Waals surface area (Å²) >= 11 is 0. The molecule has 1 aliphatic rings. The minimum Gasteiger partial charge on any atom is -0.481 e. The minimum absolute atomic E-state index is 0.0254. The van der Waals surface area contributed by atoms with Crippen molar-refractivity contribution in [3.05, 3.63) is 0 Å². The van der Waals surface area contributed by atoms with Gasteiger partial charge in [0.1, 0.15) is 0 Å². The van der Waals surface area contributed by atoms with Gasteiger partial charge in [0, 0.05) is 18.5 Å². The molecule has 1 aliphatic carbocycles. The predicted octanol–water partition coefficient (Wildman–Crippen LogP) is 0.437. The Morgan fingerprint density at radius 3 is 2.56 bits per heavy atom. The Kier molecular flexibility index (Phi) is 4.73. The highest BCUT2D eigenvalue weighted by Crippen LogP contribution is 2.28. The maximum atomic E-state index is 12.0. The number of carbonyl (C=O) groups excluding carboxylic acids is 1. The van der Waals surface area contributed by atoms with Crippen molar-refractivity contribution >= 4 is 11.9 Å². The molecule has 1 atom stereocenters. The molecular formula is C11H20N2O3. The third kappa shape index (κ3) is 3.81. The number of hydrogen-bond acceptors (Lipinski definition) is 3. The van der Waals surface area contributed by atoms with E-state index in [1.807, 2.05) is 6.92 Å². The number of aliphatic carboxylic acids is 1. The summed E-state index contributed by atoms with van der Waals surface area (Å²) in [4.78, 5) is 24.2. The topological polar surface area (TPSA) is 83.6 Å². The Hall–Kier alpha value is -1.10. The maximum absolute atomic E-state index is 12.0. The van der Waals surface area contributed by atoms with E-state index >= 15 is 0 Å². The van der Waals surface area contributed by atoms with Gasteiger partial charge < -0.3 is 15.7 Å². The second kappa shape index (κ2) is 5.84. The number of carboxylic acid groups (broad SMARTS) is 1. The van der Waals surface area contributed by atoms with E-state index in [1.165, 1.54) is 0 Å². The zero-order valence-corrected chi connectivity index (χ0v) is 9.69. The first-order valence-electron chi connectivity index (χ1n) is 5.78. The lowest BCUT2D eigenvalue weighted by molar-refractivity contribution is -0.140. The van der Waals surface area contributed by atoms with E-state index in [1.54, 1.807) is 4.90 Å². The van der Waals surface area contributed by atoms with Gasteiger partial charge in [-0.05, 0) is 25.8 Å². The van der Waals surface area contributed by atoms with Gasteiger partial charge in [-0.25, -0.2) is 0 Å². The Balaban J connectivity index is 2.48. The van der Waals surface area contributed by atoms with Gasteiger partial charge in [-0.1, -0.05) is 6.92 Å². The molecule has 1 rings (SSSR count). The molecule has 1 saturated carbocycles. The fourth-order valence-corrected chi connectivity index (χ4v) is 1.73. The van der Waals surface area contributed by atoms with Crippen LogP contribution in [0.3, 0.4) is 0 Å². The highest BCUT2D eigenvalue weighted by Gasteiger charge is 2.34. The van der Waals surface area contributed by atoms with Crippen LogP contribution in [0.5, 0.6) is 0 Å². The normalized spacial score (nSPS) is 16.9. The second-order valence-electron chi connectivity index (χ2n) is 4.38. The van der Waals surface area contributed by atoms with Crippen LogP contribution in [0.2, 0.25) is 0 Å². The van der Waals surface area contributed by atoms with Gasteiger partial charge in [0.2, 0.25) is 5.91 Å². The summed E-state index contributed by atoms with van der Waals surface area (Å²) in [5, 5.41) is 8.63. The molecule has 0 saturated heterocycles. The smallest absolute Gasteiger partial charge is 0.305 e. The van der Waals surface area contributed by atoms with Crippen LogP contribution in [0.15, 0.2) is 0 Å². The van der Waals surface area contributed by atoms with E-state index in [0.717, 1.165) is 12.8 Å².